The smallest absolute Gasteiger partial charge is 0.161 e. The van der Waals surface area contributed by atoms with E-state index in [2.05, 4.69) is 18.7 Å². The van der Waals surface area contributed by atoms with E-state index < -0.39 is 0 Å². The monoisotopic (exact) mass is 328 g/mol. The van der Waals surface area contributed by atoms with Gasteiger partial charge in [0.1, 0.15) is 11.6 Å². The van der Waals surface area contributed by atoms with Gasteiger partial charge >= 0.3 is 0 Å². The van der Waals surface area contributed by atoms with Crippen LogP contribution in [0.3, 0.4) is 0 Å². The zero-order chi connectivity index (χ0) is 17.3. The fourth-order valence-corrected chi connectivity index (χ4v) is 3.18. The van der Waals surface area contributed by atoms with Crippen LogP contribution in [0.1, 0.15) is 31.5 Å². The van der Waals surface area contributed by atoms with E-state index in [1.165, 1.54) is 17.7 Å². The van der Waals surface area contributed by atoms with Gasteiger partial charge in [-0.15, -0.1) is 0 Å². The second-order valence-corrected chi connectivity index (χ2v) is 6.68. The molecule has 1 aromatic carbocycles. The molecule has 1 aliphatic heterocycles. The zero-order valence-electron chi connectivity index (χ0n) is 14.9. The summed E-state index contributed by atoms with van der Waals surface area (Å²) in [6.45, 7) is 6.37. The van der Waals surface area contributed by atoms with Crippen molar-refractivity contribution < 1.29 is 4.39 Å². The number of hydrogen-bond donors (Lipinski definition) is 0. The summed E-state index contributed by atoms with van der Waals surface area (Å²) in [4.78, 5) is 14.0. The van der Waals surface area contributed by atoms with Crippen molar-refractivity contribution in [1.29, 1.82) is 0 Å². The summed E-state index contributed by atoms with van der Waals surface area (Å²) >= 11 is 0. The highest BCUT2D eigenvalue weighted by atomic mass is 19.1. The van der Waals surface area contributed by atoms with Crippen LogP contribution in [0.25, 0.3) is 11.4 Å². The second kappa shape index (κ2) is 6.85. The van der Waals surface area contributed by atoms with Crippen molar-refractivity contribution in [2.45, 2.75) is 39.3 Å². The van der Waals surface area contributed by atoms with Gasteiger partial charge < -0.3 is 4.90 Å². The summed E-state index contributed by atoms with van der Waals surface area (Å²) in [5, 5.41) is 0. The summed E-state index contributed by atoms with van der Waals surface area (Å²) in [7, 11) is 4.00. The molecule has 1 aromatic heterocycles. The number of aromatic nitrogens is 2. The van der Waals surface area contributed by atoms with E-state index >= 15 is 0 Å². The third-order valence-corrected chi connectivity index (χ3v) is 4.79. The molecule has 4 nitrogen and oxygen atoms in total. The Hall–Kier alpha value is -2.01. The number of benzene rings is 1. The zero-order valence-corrected chi connectivity index (χ0v) is 14.9. The van der Waals surface area contributed by atoms with Gasteiger partial charge in [0.05, 0.1) is 5.69 Å². The maximum absolute atomic E-state index is 13.6. The second-order valence-electron chi connectivity index (χ2n) is 6.68. The van der Waals surface area contributed by atoms with E-state index in [0.717, 1.165) is 43.0 Å². The van der Waals surface area contributed by atoms with Gasteiger partial charge in [0.15, 0.2) is 5.82 Å². The predicted molar refractivity (Wildman–Crippen MR) is 95.6 cm³/mol. The van der Waals surface area contributed by atoms with Crippen molar-refractivity contribution in [3.63, 3.8) is 0 Å². The van der Waals surface area contributed by atoms with E-state index in [-0.39, 0.29) is 5.82 Å². The Bertz CT molecular complexity index is 729. The maximum Gasteiger partial charge on any atom is 0.161 e. The van der Waals surface area contributed by atoms with Gasteiger partial charge in [-0.1, -0.05) is 19.1 Å². The van der Waals surface area contributed by atoms with Crippen LogP contribution in [-0.4, -0.2) is 41.5 Å². The van der Waals surface area contributed by atoms with Crippen molar-refractivity contribution in [2.75, 3.05) is 25.5 Å². The summed E-state index contributed by atoms with van der Waals surface area (Å²) in [5.74, 6) is 1.28. The highest BCUT2D eigenvalue weighted by Crippen LogP contribution is 2.29. The standard InChI is InChI=1S/C19H25FN4/c1-5-13(2)24-10-9-17-16(12-24)19(23(3)4)22-18(21-17)14-7-6-8-15(20)11-14/h6-8,11,13H,5,9-10,12H2,1-4H3. The lowest BCUT2D eigenvalue weighted by Crippen LogP contribution is -2.38. The lowest BCUT2D eigenvalue weighted by molar-refractivity contribution is 0.185. The van der Waals surface area contributed by atoms with Crippen molar-refractivity contribution in [3.8, 4) is 11.4 Å². The first-order chi connectivity index (χ1) is 11.5. The van der Waals surface area contributed by atoms with E-state index in [1.807, 2.05) is 25.1 Å². The molecule has 1 atom stereocenters. The summed E-state index contributed by atoms with van der Waals surface area (Å²) < 4.78 is 13.6. The Labute approximate surface area is 143 Å². The van der Waals surface area contributed by atoms with E-state index in [4.69, 9.17) is 9.97 Å². The van der Waals surface area contributed by atoms with E-state index in [9.17, 15) is 4.39 Å². The van der Waals surface area contributed by atoms with Crippen LogP contribution in [0, 0.1) is 5.82 Å². The molecule has 3 rings (SSSR count). The van der Waals surface area contributed by atoms with Gasteiger partial charge in [0.2, 0.25) is 0 Å². The Morgan fingerprint density at radius 2 is 2.08 bits per heavy atom. The summed E-state index contributed by atoms with van der Waals surface area (Å²) in [6, 6.07) is 7.05. The average molecular weight is 328 g/mol. The number of halogens is 1. The SMILES string of the molecule is CCC(C)N1CCc2nc(-c3cccc(F)c3)nc(N(C)C)c2C1. The number of anilines is 1. The maximum atomic E-state index is 13.6. The van der Waals surface area contributed by atoms with Crippen LogP contribution in [0.2, 0.25) is 0 Å². The van der Waals surface area contributed by atoms with Gasteiger partial charge in [-0.05, 0) is 25.5 Å². The number of rotatable bonds is 4. The molecule has 0 saturated heterocycles. The van der Waals surface area contributed by atoms with Crippen LogP contribution >= 0.6 is 0 Å². The largest absolute Gasteiger partial charge is 0.362 e. The van der Waals surface area contributed by atoms with Gasteiger partial charge in [0.25, 0.3) is 0 Å². The van der Waals surface area contributed by atoms with Gasteiger partial charge in [0, 0.05) is 50.8 Å². The predicted octanol–water partition coefficient (Wildman–Crippen LogP) is 3.51. The first kappa shape index (κ1) is 16.8. The summed E-state index contributed by atoms with van der Waals surface area (Å²) in [5.41, 5.74) is 3.02. The minimum atomic E-state index is -0.261. The van der Waals surface area contributed by atoms with Crippen molar-refractivity contribution in [2.24, 2.45) is 0 Å². The van der Waals surface area contributed by atoms with Crippen LogP contribution in [0.15, 0.2) is 24.3 Å². The van der Waals surface area contributed by atoms with Gasteiger partial charge in [-0.2, -0.15) is 0 Å². The summed E-state index contributed by atoms with van der Waals surface area (Å²) in [6.07, 6.45) is 2.04. The number of hydrogen-bond acceptors (Lipinski definition) is 4. The average Bonchev–Trinajstić information content (AvgIpc) is 2.59. The van der Waals surface area contributed by atoms with Crippen molar-refractivity contribution >= 4 is 5.82 Å². The Kier molecular flexibility index (Phi) is 4.81. The highest BCUT2D eigenvalue weighted by Gasteiger charge is 2.25. The Morgan fingerprint density at radius 3 is 2.75 bits per heavy atom. The molecule has 2 heterocycles. The van der Waals surface area contributed by atoms with E-state index in [0.29, 0.717) is 11.9 Å². The van der Waals surface area contributed by atoms with Crippen molar-refractivity contribution in [1.82, 2.24) is 14.9 Å². The first-order valence-electron chi connectivity index (χ1n) is 8.56. The number of fused-ring (bicyclic) bond motifs is 1. The molecule has 24 heavy (non-hydrogen) atoms. The van der Waals surface area contributed by atoms with E-state index in [1.54, 1.807) is 6.07 Å². The molecule has 0 bridgehead atoms. The quantitative estimate of drug-likeness (QED) is 0.860. The molecule has 0 amide bonds. The molecule has 0 radical (unpaired) electrons. The number of nitrogens with zero attached hydrogens (tertiary/aromatic N) is 4. The van der Waals surface area contributed by atoms with Crippen LogP contribution in [0.4, 0.5) is 10.2 Å². The lowest BCUT2D eigenvalue weighted by Gasteiger charge is -2.34. The molecule has 1 unspecified atom stereocenters. The fraction of sp³-hybridized carbons (Fsp3) is 0.474. The molecular formula is C19H25FN4. The Balaban J connectivity index is 2.04. The molecule has 0 spiro atoms. The van der Waals surface area contributed by atoms with Gasteiger partial charge in [-0.25, -0.2) is 14.4 Å². The minimum absolute atomic E-state index is 0.261. The van der Waals surface area contributed by atoms with Gasteiger partial charge in [-0.3, -0.25) is 4.90 Å². The third-order valence-electron chi connectivity index (χ3n) is 4.79. The highest BCUT2D eigenvalue weighted by molar-refractivity contribution is 5.60. The Morgan fingerprint density at radius 1 is 1.29 bits per heavy atom. The molecule has 128 valence electrons. The minimum Gasteiger partial charge on any atom is -0.362 e. The van der Waals surface area contributed by atoms with Crippen LogP contribution in [0.5, 0.6) is 0 Å². The van der Waals surface area contributed by atoms with Crippen LogP contribution < -0.4 is 4.90 Å². The normalized spacial score (nSPS) is 15.9. The lowest BCUT2D eigenvalue weighted by atomic mass is 10.0. The molecular weight excluding hydrogens is 303 g/mol. The molecule has 1 aliphatic rings. The third kappa shape index (κ3) is 3.26. The first-order valence-corrected chi connectivity index (χ1v) is 8.56. The molecule has 0 saturated carbocycles. The molecule has 2 aromatic rings. The molecule has 0 aliphatic carbocycles. The molecule has 0 fully saturated rings. The molecule has 5 heteroatoms. The topological polar surface area (TPSA) is 32.3 Å². The van der Waals surface area contributed by atoms with Crippen LogP contribution in [-0.2, 0) is 13.0 Å². The fourth-order valence-electron chi connectivity index (χ4n) is 3.18. The van der Waals surface area contributed by atoms with Crippen molar-refractivity contribution in [3.05, 3.63) is 41.3 Å². The molecule has 0 N–H and O–H groups in total.